The number of pyridine rings is 1. The first-order chi connectivity index (χ1) is 15.7. The first-order valence-electron chi connectivity index (χ1n) is 11.1. The van der Waals surface area contributed by atoms with Gasteiger partial charge in [0.1, 0.15) is 28.7 Å². The number of nitrogens with zero attached hydrogens (tertiary/aromatic N) is 5. The highest BCUT2D eigenvalue weighted by atomic mass is 16.5. The number of aromatic nitrogens is 4. The van der Waals surface area contributed by atoms with Crippen molar-refractivity contribution in [3.05, 3.63) is 53.5 Å². The summed E-state index contributed by atoms with van der Waals surface area (Å²) in [6.07, 6.45) is 10.5. The van der Waals surface area contributed by atoms with Crippen molar-refractivity contribution >= 4 is 16.9 Å². The Bertz CT molecular complexity index is 1170. The minimum atomic E-state index is 0.0984. The number of nitrogens with one attached hydrogen (secondary N) is 1. The molecule has 32 heavy (non-hydrogen) atoms. The van der Waals surface area contributed by atoms with Crippen LogP contribution in [0.2, 0.25) is 0 Å². The van der Waals surface area contributed by atoms with Gasteiger partial charge in [-0.25, -0.2) is 4.52 Å². The van der Waals surface area contributed by atoms with E-state index in [1.807, 2.05) is 25.3 Å². The molecule has 5 rings (SSSR count). The molecule has 0 saturated heterocycles. The Hall–Kier alpha value is -3.44. The van der Waals surface area contributed by atoms with Gasteiger partial charge < -0.3 is 14.8 Å². The molecular formula is C24H26N6O2. The Balaban J connectivity index is 1.32. The summed E-state index contributed by atoms with van der Waals surface area (Å²) < 4.78 is 13.7. The molecule has 1 saturated carbocycles. The van der Waals surface area contributed by atoms with Gasteiger partial charge in [0.05, 0.1) is 31.2 Å². The summed E-state index contributed by atoms with van der Waals surface area (Å²) in [5, 5.41) is 25.8. The molecule has 1 fully saturated rings. The van der Waals surface area contributed by atoms with E-state index in [9.17, 15) is 5.26 Å². The minimum Gasteiger partial charge on any atom is -0.488 e. The van der Waals surface area contributed by atoms with Crippen LogP contribution in [0.3, 0.4) is 0 Å². The Kier molecular flexibility index (Phi) is 5.73. The second-order valence-electron chi connectivity index (χ2n) is 8.41. The molecule has 0 atom stereocenters. The van der Waals surface area contributed by atoms with Crippen LogP contribution in [0, 0.1) is 18.3 Å². The van der Waals surface area contributed by atoms with Gasteiger partial charge in [0.15, 0.2) is 0 Å². The molecule has 4 heterocycles. The maximum Gasteiger partial charge on any atom is 0.148 e. The van der Waals surface area contributed by atoms with E-state index in [2.05, 4.69) is 38.8 Å². The number of fused-ring (bicyclic) bond motifs is 1. The van der Waals surface area contributed by atoms with Crippen LogP contribution in [0.15, 0.2) is 36.7 Å². The first-order valence-corrected chi connectivity index (χ1v) is 11.1. The van der Waals surface area contributed by atoms with Crippen molar-refractivity contribution in [1.82, 2.24) is 19.8 Å². The van der Waals surface area contributed by atoms with E-state index >= 15 is 0 Å². The van der Waals surface area contributed by atoms with Crippen molar-refractivity contribution in [1.29, 1.82) is 5.26 Å². The molecule has 3 aromatic heterocycles. The van der Waals surface area contributed by atoms with Gasteiger partial charge in [-0.1, -0.05) is 6.08 Å². The molecule has 3 aromatic rings. The van der Waals surface area contributed by atoms with E-state index in [0.717, 1.165) is 60.4 Å². The van der Waals surface area contributed by atoms with E-state index in [1.165, 1.54) is 5.57 Å². The highest BCUT2D eigenvalue weighted by Crippen LogP contribution is 2.33. The highest BCUT2D eigenvalue weighted by Gasteiger charge is 2.25. The number of nitriles is 1. The zero-order valence-electron chi connectivity index (χ0n) is 18.1. The van der Waals surface area contributed by atoms with Crippen molar-refractivity contribution in [2.75, 3.05) is 18.5 Å². The third-order valence-corrected chi connectivity index (χ3v) is 6.15. The summed E-state index contributed by atoms with van der Waals surface area (Å²) in [7, 11) is 0. The first kappa shape index (κ1) is 20.5. The highest BCUT2D eigenvalue weighted by molar-refractivity contribution is 5.75. The molecule has 0 unspecified atom stereocenters. The van der Waals surface area contributed by atoms with Gasteiger partial charge in [0, 0.05) is 12.2 Å². The van der Waals surface area contributed by atoms with Crippen molar-refractivity contribution in [3.8, 4) is 11.8 Å². The molecular weight excluding hydrogens is 404 g/mol. The fourth-order valence-electron chi connectivity index (χ4n) is 4.41. The number of aryl methyl sites for hydroxylation is 1. The van der Waals surface area contributed by atoms with Gasteiger partial charge in [0.2, 0.25) is 0 Å². The summed E-state index contributed by atoms with van der Waals surface area (Å²) >= 11 is 0. The van der Waals surface area contributed by atoms with E-state index in [0.29, 0.717) is 24.8 Å². The molecule has 0 spiro atoms. The third-order valence-electron chi connectivity index (χ3n) is 6.15. The van der Waals surface area contributed by atoms with Gasteiger partial charge >= 0.3 is 0 Å². The topological polar surface area (TPSA) is 97.4 Å². The van der Waals surface area contributed by atoms with E-state index < -0.39 is 0 Å². The number of ether oxygens (including phenoxy) is 2. The Morgan fingerprint density at radius 1 is 1.22 bits per heavy atom. The number of hydrogen-bond acceptors (Lipinski definition) is 7. The van der Waals surface area contributed by atoms with Crippen LogP contribution in [0.5, 0.6) is 5.75 Å². The van der Waals surface area contributed by atoms with Gasteiger partial charge in [-0.05, 0) is 68.4 Å². The number of hydrogen-bond donors (Lipinski definition) is 1. The normalized spacial score (nSPS) is 21.1. The van der Waals surface area contributed by atoms with Gasteiger partial charge in [-0.15, -0.1) is 5.10 Å². The van der Waals surface area contributed by atoms with Gasteiger partial charge in [-0.3, -0.25) is 0 Å². The van der Waals surface area contributed by atoms with Crippen LogP contribution >= 0.6 is 0 Å². The van der Waals surface area contributed by atoms with Crippen molar-refractivity contribution < 1.29 is 9.47 Å². The molecule has 0 radical (unpaired) electrons. The predicted octanol–water partition coefficient (Wildman–Crippen LogP) is 3.91. The Morgan fingerprint density at radius 2 is 2.09 bits per heavy atom. The van der Waals surface area contributed by atoms with Crippen molar-refractivity contribution in [2.24, 2.45) is 0 Å². The van der Waals surface area contributed by atoms with Crippen LogP contribution < -0.4 is 10.1 Å². The van der Waals surface area contributed by atoms with E-state index in [-0.39, 0.29) is 6.10 Å². The predicted molar refractivity (Wildman–Crippen MR) is 120 cm³/mol. The molecule has 0 aromatic carbocycles. The number of anilines is 1. The van der Waals surface area contributed by atoms with Crippen LogP contribution in [0.1, 0.15) is 48.9 Å². The van der Waals surface area contributed by atoms with Crippen molar-refractivity contribution in [2.45, 2.75) is 51.2 Å². The van der Waals surface area contributed by atoms with Crippen molar-refractivity contribution in [3.63, 3.8) is 0 Å². The molecule has 1 aliphatic heterocycles. The lowest BCUT2D eigenvalue weighted by Gasteiger charge is -2.30. The van der Waals surface area contributed by atoms with Crippen LogP contribution in [-0.2, 0) is 4.74 Å². The van der Waals surface area contributed by atoms with Gasteiger partial charge in [-0.2, -0.15) is 15.5 Å². The zero-order valence-corrected chi connectivity index (χ0v) is 18.1. The number of rotatable bonds is 5. The summed E-state index contributed by atoms with van der Waals surface area (Å²) in [5.41, 5.74) is 4.47. The third kappa shape index (κ3) is 4.30. The average Bonchev–Trinajstić information content (AvgIpc) is 3.26. The lowest BCUT2D eigenvalue weighted by atomic mass is 9.93. The second-order valence-corrected chi connectivity index (χ2v) is 8.41. The summed E-state index contributed by atoms with van der Waals surface area (Å²) in [6.45, 7) is 3.27. The monoisotopic (exact) mass is 430 g/mol. The zero-order chi connectivity index (χ0) is 21.9. The molecule has 1 aliphatic carbocycles. The molecule has 0 bridgehead atoms. The molecule has 2 aliphatic rings. The smallest absolute Gasteiger partial charge is 0.148 e. The quantitative estimate of drug-likeness (QED) is 0.655. The van der Waals surface area contributed by atoms with Crippen LogP contribution in [0.25, 0.3) is 11.1 Å². The minimum absolute atomic E-state index is 0.0984. The lowest BCUT2D eigenvalue weighted by Crippen LogP contribution is -2.31. The molecule has 164 valence electrons. The Labute approximate surface area is 186 Å². The summed E-state index contributed by atoms with van der Waals surface area (Å²) in [5.74, 6) is 1.54. The van der Waals surface area contributed by atoms with E-state index in [1.54, 1.807) is 10.7 Å². The lowest BCUT2D eigenvalue weighted by molar-refractivity contribution is 0.151. The Morgan fingerprint density at radius 3 is 2.81 bits per heavy atom. The standard InChI is InChI=1S/C24H26N6O2/c1-16-2-7-23(29-28-16)27-20-3-5-21(6-4-20)32-22-12-18(17-8-10-31-11-9-17)15-30-24(22)19(13-25)14-26-30/h2,7-8,12,14-15,20-21H,3-6,9-11H2,1H3,(H,27,29). The fraction of sp³-hybridized carbons (Fsp3) is 0.417. The molecule has 0 amide bonds. The fourth-order valence-corrected chi connectivity index (χ4v) is 4.41. The van der Waals surface area contributed by atoms with Crippen LogP contribution in [0.4, 0.5) is 5.82 Å². The van der Waals surface area contributed by atoms with Gasteiger partial charge in [0.25, 0.3) is 0 Å². The largest absolute Gasteiger partial charge is 0.488 e. The molecule has 8 heteroatoms. The SMILES string of the molecule is Cc1ccc(NC2CCC(Oc3cc(C4=CCOCC4)cn4ncc(C#N)c34)CC2)nn1. The maximum absolute atomic E-state index is 9.56. The molecule has 8 nitrogen and oxygen atoms in total. The average molecular weight is 431 g/mol. The second kappa shape index (κ2) is 8.97. The van der Waals surface area contributed by atoms with E-state index in [4.69, 9.17) is 9.47 Å². The summed E-state index contributed by atoms with van der Waals surface area (Å²) in [4.78, 5) is 0. The molecule has 1 N–H and O–H groups in total. The maximum atomic E-state index is 9.56. The summed E-state index contributed by atoms with van der Waals surface area (Å²) in [6, 6.07) is 8.60. The van der Waals surface area contributed by atoms with Crippen LogP contribution in [-0.4, -0.2) is 45.2 Å².